The molecule has 0 atom stereocenters. The first kappa shape index (κ1) is 14.5. The summed E-state index contributed by atoms with van der Waals surface area (Å²) in [6, 6.07) is 20.1. The van der Waals surface area contributed by atoms with Gasteiger partial charge in [-0.25, -0.2) is 4.79 Å². The summed E-state index contributed by atoms with van der Waals surface area (Å²) < 4.78 is 5.21. The van der Waals surface area contributed by atoms with Crippen LogP contribution in [0.3, 0.4) is 0 Å². The van der Waals surface area contributed by atoms with Gasteiger partial charge in [0.25, 0.3) is 0 Å². The predicted molar refractivity (Wildman–Crippen MR) is 91.1 cm³/mol. The highest BCUT2D eigenvalue weighted by Crippen LogP contribution is 2.39. The normalized spacial score (nSPS) is 10.4. The lowest BCUT2D eigenvalue weighted by Gasteiger charge is -2.08. The molecule has 0 spiro atoms. The van der Waals surface area contributed by atoms with Crippen molar-refractivity contribution in [2.45, 2.75) is 6.92 Å². The standard InChI is InChI=1S/C19H16O2S/c1-2-21-19(20)18-17(15-11-7-4-8-12-15)16(13-22-18)14-9-5-3-6-10-14/h3-13H,2H2,1H3. The van der Waals surface area contributed by atoms with Crippen LogP contribution in [0.2, 0.25) is 0 Å². The van der Waals surface area contributed by atoms with Crippen molar-refractivity contribution in [1.82, 2.24) is 0 Å². The first-order valence-corrected chi connectivity index (χ1v) is 8.08. The molecule has 1 aromatic heterocycles. The molecule has 0 aliphatic rings. The second-order valence-corrected chi connectivity index (χ2v) is 5.69. The lowest BCUT2D eigenvalue weighted by Crippen LogP contribution is -2.03. The molecule has 0 amide bonds. The van der Waals surface area contributed by atoms with Crippen LogP contribution in [0.1, 0.15) is 16.6 Å². The Labute approximate surface area is 134 Å². The second-order valence-electron chi connectivity index (χ2n) is 4.81. The Morgan fingerprint density at radius 2 is 1.55 bits per heavy atom. The van der Waals surface area contributed by atoms with Gasteiger partial charge in [0.05, 0.1) is 6.61 Å². The number of ether oxygens (including phenoxy) is 1. The molecule has 0 saturated heterocycles. The number of rotatable bonds is 4. The fraction of sp³-hybridized carbons (Fsp3) is 0.105. The van der Waals surface area contributed by atoms with E-state index in [1.165, 1.54) is 11.3 Å². The second kappa shape index (κ2) is 6.58. The highest BCUT2D eigenvalue weighted by molar-refractivity contribution is 7.13. The van der Waals surface area contributed by atoms with Crippen LogP contribution in [0.15, 0.2) is 66.0 Å². The molecular weight excluding hydrogens is 292 g/mol. The molecule has 0 bridgehead atoms. The molecule has 0 N–H and O–H groups in total. The zero-order valence-corrected chi connectivity index (χ0v) is 13.1. The summed E-state index contributed by atoms with van der Waals surface area (Å²) >= 11 is 1.44. The van der Waals surface area contributed by atoms with E-state index in [-0.39, 0.29) is 5.97 Å². The zero-order chi connectivity index (χ0) is 15.4. The van der Waals surface area contributed by atoms with Crippen molar-refractivity contribution >= 4 is 17.3 Å². The maximum absolute atomic E-state index is 12.3. The topological polar surface area (TPSA) is 26.3 Å². The fourth-order valence-corrected chi connectivity index (χ4v) is 3.42. The Morgan fingerprint density at radius 1 is 0.955 bits per heavy atom. The largest absolute Gasteiger partial charge is 0.462 e. The summed E-state index contributed by atoms with van der Waals surface area (Å²) in [6.07, 6.45) is 0. The molecule has 2 aromatic carbocycles. The van der Waals surface area contributed by atoms with Crippen molar-refractivity contribution in [2.24, 2.45) is 0 Å². The Kier molecular flexibility index (Phi) is 4.35. The van der Waals surface area contributed by atoms with Gasteiger partial charge in [-0.3, -0.25) is 0 Å². The Hall–Kier alpha value is -2.39. The number of thiophene rings is 1. The van der Waals surface area contributed by atoms with Crippen molar-refractivity contribution < 1.29 is 9.53 Å². The molecule has 22 heavy (non-hydrogen) atoms. The number of hydrogen-bond donors (Lipinski definition) is 0. The average Bonchev–Trinajstić information content (AvgIpc) is 3.02. The van der Waals surface area contributed by atoms with Crippen LogP contribution in [0.25, 0.3) is 22.3 Å². The maximum atomic E-state index is 12.3. The summed E-state index contributed by atoms with van der Waals surface area (Å²) in [5, 5.41) is 2.03. The highest BCUT2D eigenvalue weighted by Gasteiger charge is 2.21. The zero-order valence-electron chi connectivity index (χ0n) is 12.3. The Balaban J connectivity index is 2.18. The van der Waals surface area contributed by atoms with Gasteiger partial charge < -0.3 is 4.74 Å². The molecule has 3 aromatic rings. The maximum Gasteiger partial charge on any atom is 0.348 e. The third-order valence-corrected chi connectivity index (χ3v) is 4.36. The monoisotopic (exact) mass is 308 g/mol. The molecule has 0 saturated carbocycles. The number of carbonyl (C=O) groups excluding carboxylic acids is 1. The highest BCUT2D eigenvalue weighted by atomic mass is 32.1. The molecule has 2 nitrogen and oxygen atoms in total. The van der Waals surface area contributed by atoms with Gasteiger partial charge in [0.1, 0.15) is 4.88 Å². The molecule has 0 aliphatic carbocycles. The lowest BCUT2D eigenvalue weighted by molar-refractivity contribution is 0.0533. The van der Waals surface area contributed by atoms with Crippen molar-refractivity contribution in [3.05, 3.63) is 70.9 Å². The number of benzene rings is 2. The molecule has 3 rings (SSSR count). The number of carbonyl (C=O) groups is 1. The van der Waals surface area contributed by atoms with Crippen LogP contribution in [-0.2, 0) is 4.74 Å². The Bertz CT molecular complexity index is 761. The van der Waals surface area contributed by atoms with Crippen LogP contribution in [0, 0.1) is 0 Å². The first-order chi connectivity index (χ1) is 10.8. The molecule has 0 aliphatic heterocycles. The number of esters is 1. The molecular formula is C19H16O2S. The molecule has 110 valence electrons. The van der Waals surface area contributed by atoms with E-state index in [1.54, 1.807) is 0 Å². The van der Waals surface area contributed by atoms with E-state index >= 15 is 0 Å². The van der Waals surface area contributed by atoms with Crippen LogP contribution >= 0.6 is 11.3 Å². The quantitative estimate of drug-likeness (QED) is 0.615. The van der Waals surface area contributed by atoms with Gasteiger partial charge in [0.15, 0.2) is 0 Å². The van der Waals surface area contributed by atoms with Crippen LogP contribution < -0.4 is 0 Å². The summed E-state index contributed by atoms with van der Waals surface area (Å²) in [7, 11) is 0. The van der Waals surface area contributed by atoms with E-state index in [9.17, 15) is 4.79 Å². The van der Waals surface area contributed by atoms with Gasteiger partial charge in [0.2, 0.25) is 0 Å². The Morgan fingerprint density at radius 3 is 2.14 bits per heavy atom. The number of hydrogen-bond acceptors (Lipinski definition) is 3. The van der Waals surface area contributed by atoms with E-state index in [2.05, 4.69) is 12.1 Å². The van der Waals surface area contributed by atoms with E-state index in [4.69, 9.17) is 4.74 Å². The molecule has 0 radical (unpaired) electrons. The third-order valence-electron chi connectivity index (χ3n) is 3.40. The summed E-state index contributed by atoms with van der Waals surface area (Å²) in [4.78, 5) is 12.9. The minimum absolute atomic E-state index is 0.256. The van der Waals surface area contributed by atoms with Crippen LogP contribution in [-0.4, -0.2) is 12.6 Å². The smallest absolute Gasteiger partial charge is 0.348 e. The fourth-order valence-electron chi connectivity index (χ4n) is 2.43. The summed E-state index contributed by atoms with van der Waals surface area (Å²) in [5.41, 5.74) is 4.16. The van der Waals surface area contributed by atoms with Gasteiger partial charge in [-0.05, 0) is 18.1 Å². The molecule has 0 unspecified atom stereocenters. The minimum atomic E-state index is -0.256. The van der Waals surface area contributed by atoms with Crippen molar-refractivity contribution in [2.75, 3.05) is 6.61 Å². The predicted octanol–water partition coefficient (Wildman–Crippen LogP) is 5.26. The molecule has 3 heteroatoms. The van der Waals surface area contributed by atoms with Crippen molar-refractivity contribution in [3.63, 3.8) is 0 Å². The lowest BCUT2D eigenvalue weighted by atomic mass is 9.97. The van der Waals surface area contributed by atoms with E-state index < -0.39 is 0 Å². The average molecular weight is 308 g/mol. The van der Waals surface area contributed by atoms with Crippen molar-refractivity contribution in [3.8, 4) is 22.3 Å². The van der Waals surface area contributed by atoms with E-state index in [0.717, 1.165) is 22.3 Å². The van der Waals surface area contributed by atoms with Crippen molar-refractivity contribution in [1.29, 1.82) is 0 Å². The first-order valence-electron chi connectivity index (χ1n) is 7.20. The summed E-state index contributed by atoms with van der Waals surface area (Å²) in [6.45, 7) is 2.21. The third kappa shape index (κ3) is 2.81. The molecule has 1 heterocycles. The summed E-state index contributed by atoms with van der Waals surface area (Å²) in [5.74, 6) is -0.256. The van der Waals surface area contributed by atoms with E-state index in [0.29, 0.717) is 11.5 Å². The van der Waals surface area contributed by atoms with Gasteiger partial charge in [0, 0.05) is 16.5 Å². The van der Waals surface area contributed by atoms with Crippen LogP contribution in [0.5, 0.6) is 0 Å². The SMILES string of the molecule is CCOC(=O)c1scc(-c2ccccc2)c1-c1ccccc1. The van der Waals surface area contributed by atoms with E-state index in [1.807, 2.05) is 60.8 Å². The van der Waals surface area contributed by atoms with Gasteiger partial charge in [-0.1, -0.05) is 60.7 Å². The van der Waals surface area contributed by atoms with Gasteiger partial charge in [-0.2, -0.15) is 0 Å². The van der Waals surface area contributed by atoms with Gasteiger partial charge >= 0.3 is 5.97 Å². The minimum Gasteiger partial charge on any atom is -0.462 e. The molecule has 0 fully saturated rings. The van der Waals surface area contributed by atoms with Crippen LogP contribution in [0.4, 0.5) is 0 Å². The van der Waals surface area contributed by atoms with Gasteiger partial charge in [-0.15, -0.1) is 11.3 Å².